The molecule has 1 heterocycles. The second kappa shape index (κ2) is 7.04. The summed E-state index contributed by atoms with van der Waals surface area (Å²) in [7, 11) is 0. The Bertz CT molecular complexity index is 458. The van der Waals surface area contributed by atoms with E-state index >= 15 is 0 Å². The maximum atomic E-state index is 12.6. The fourth-order valence-electron chi connectivity index (χ4n) is 2.51. The van der Waals surface area contributed by atoms with Crippen LogP contribution in [0.25, 0.3) is 0 Å². The van der Waals surface area contributed by atoms with Gasteiger partial charge in [0.05, 0.1) is 5.41 Å². The van der Waals surface area contributed by atoms with Crippen LogP contribution >= 0.6 is 0 Å². The molecule has 1 saturated heterocycles. The van der Waals surface area contributed by atoms with Crippen molar-refractivity contribution in [3.05, 3.63) is 0 Å². The Morgan fingerprint density at radius 1 is 1.32 bits per heavy atom. The first kappa shape index (κ1) is 18.3. The zero-order valence-corrected chi connectivity index (χ0v) is 14.4. The predicted molar refractivity (Wildman–Crippen MR) is 86.2 cm³/mol. The summed E-state index contributed by atoms with van der Waals surface area (Å²) in [6.45, 7) is 10.4. The number of hydrogen-bond acceptors (Lipinski definition) is 3. The van der Waals surface area contributed by atoms with Gasteiger partial charge in [-0.25, -0.2) is 4.79 Å². The molecule has 1 N–H and O–H groups in total. The molecule has 0 aliphatic carbocycles. The van der Waals surface area contributed by atoms with E-state index in [0.29, 0.717) is 19.5 Å². The number of rotatable bonds is 3. The van der Waals surface area contributed by atoms with Crippen LogP contribution in [-0.4, -0.2) is 41.6 Å². The number of nitrogens with one attached hydrogen (secondary N) is 1. The summed E-state index contributed by atoms with van der Waals surface area (Å²) < 4.78 is 5.26. The first-order valence-corrected chi connectivity index (χ1v) is 7.77. The van der Waals surface area contributed by atoms with Crippen LogP contribution in [0, 0.1) is 17.8 Å². The predicted octanol–water partition coefficient (Wildman–Crippen LogP) is 2.55. The summed E-state index contributed by atoms with van der Waals surface area (Å²) in [6, 6.07) is -0.0748. The Hall–Kier alpha value is -1.70. The molecule has 0 aromatic carbocycles. The average molecular weight is 308 g/mol. The molecule has 0 aromatic rings. The molecule has 1 rings (SSSR count). The summed E-state index contributed by atoms with van der Waals surface area (Å²) in [5.74, 6) is 2.60. The first-order valence-electron chi connectivity index (χ1n) is 7.77. The van der Waals surface area contributed by atoms with Crippen molar-refractivity contribution in [3.63, 3.8) is 0 Å². The van der Waals surface area contributed by atoms with Gasteiger partial charge in [0.25, 0.3) is 0 Å². The zero-order valence-electron chi connectivity index (χ0n) is 14.4. The van der Waals surface area contributed by atoms with Gasteiger partial charge in [0.2, 0.25) is 5.91 Å². The molecule has 1 fully saturated rings. The van der Waals surface area contributed by atoms with Crippen LogP contribution in [0.5, 0.6) is 0 Å². The molecule has 0 unspecified atom stereocenters. The molecule has 0 radical (unpaired) electrons. The molecule has 2 amide bonds. The Balaban J connectivity index is 2.60. The number of nitrogens with zero attached hydrogens (tertiary/aromatic N) is 1. The van der Waals surface area contributed by atoms with Gasteiger partial charge in [-0.2, -0.15) is 0 Å². The van der Waals surface area contributed by atoms with Crippen molar-refractivity contribution in [3.8, 4) is 12.3 Å². The largest absolute Gasteiger partial charge is 0.444 e. The minimum absolute atomic E-state index is 0.0427. The molecule has 0 saturated carbocycles. The molecular formula is C17H28N2O3. The Morgan fingerprint density at radius 2 is 1.95 bits per heavy atom. The Kier molecular flexibility index (Phi) is 5.87. The number of ether oxygens (including phenoxy) is 1. The summed E-state index contributed by atoms with van der Waals surface area (Å²) in [5.41, 5.74) is -1.09. The van der Waals surface area contributed by atoms with Gasteiger partial charge >= 0.3 is 6.09 Å². The quantitative estimate of drug-likeness (QED) is 0.815. The van der Waals surface area contributed by atoms with E-state index in [4.69, 9.17) is 11.2 Å². The molecule has 5 heteroatoms. The minimum Gasteiger partial charge on any atom is -0.444 e. The van der Waals surface area contributed by atoms with E-state index in [2.05, 4.69) is 11.2 Å². The summed E-state index contributed by atoms with van der Waals surface area (Å²) >= 11 is 0. The normalized spacial score (nSPS) is 19.3. The monoisotopic (exact) mass is 308 g/mol. The van der Waals surface area contributed by atoms with E-state index in [1.807, 2.05) is 34.6 Å². The highest BCUT2D eigenvalue weighted by Crippen LogP contribution is 2.25. The molecule has 0 spiro atoms. The van der Waals surface area contributed by atoms with Crippen molar-refractivity contribution in [1.82, 2.24) is 10.2 Å². The molecule has 1 aliphatic heterocycles. The molecule has 0 aromatic heterocycles. The van der Waals surface area contributed by atoms with Gasteiger partial charge < -0.3 is 15.0 Å². The van der Waals surface area contributed by atoms with Crippen LogP contribution < -0.4 is 5.32 Å². The van der Waals surface area contributed by atoms with E-state index in [0.717, 1.165) is 12.8 Å². The summed E-state index contributed by atoms with van der Waals surface area (Å²) in [5, 5.41) is 2.85. The second-order valence-corrected chi connectivity index (χ2v) is 7.50. The number of terminal acetylenes is 1. The van der Waals surface area contributed by atoms with Crippen molar-refractivity contribution >= 4 is 12.0 Å². The van der Waals surface area contributed by atoms with Crippen molar-refractivity contribution in [1.29, 1.82) is 0 Å². The number of piperidine rings is 1. The Labute approximate surface area is 133 Å². The van der Waals surface area contributed by atoms with Gasteiger partial charge in [0.1, 0.15) is 5.60 Å². The van der Waals surface area contributed by atoms with Crippen LogP contribution in [0.4, 0.5) is 4.79 Å². The smallest absolute Gasteiger partial charge is 0.407 e. The van der Waals surface area contributed by atoms with Crippen molar-refractivity contribution < 1.29 is 14.3 Å². The van der Waals surface area contributed by atoms with Gasteiger partial charge in [-0.3, -0.25) is 4.79 Å². The first-order chi connectivity index (χ1) is 10.0. The van der Waals surface area contributed by atoms with Crippen molar-refractivity contribution in [2.45, 2.75) is 65.5 Å². The summed E-state index contributed by atoms with van der Waals surface area (Å²) in [6.07, 6.45) is 7.02. The maximum Gasteiger partial charge on any atom is 0.407 e. The number of amides is 2. The van der Waals surface area contributed by atoms with Crippen LogP contribution in [0.2, 0.25) is 0 Å². The second-order valence-electron chi connectivity index (χ2n) is 7.50. The topological polar surface area (TPSA) is 58.6 Å². The van der Waals surface area contributed by atoms with Crippen LogP contribution in [-0.2, 0) is 9.53 Å². The Morgan fingerprint density at radius 3 is 2.50 bits per heavy atom. The highest BCUT2D eigenvalue weighted by atomic mass is 16.6. The SMILES string of the molecule is C#CCC(C)(C)C(=O)N1CCC[C@@H](NC(=O)OC(C)(C)C)C1. The summed E-state index contributed by atoms with van der Waals surface area (Å²) in [4.78, 5) is 26.2. The number of likely N-dealkylation sites (tertiary alicyclic amines) is 1. The van der Waals surface area contributed by atoms with Gasteiger partial charge in [0, 0.05) is 25.6 Å². The highest BCUT2D eigenvalue weighted by Gasteiger charge is 2.34. The van der Waals surface area contributed by atoms with E-state index in [1.54, 1.807) is 4.90 Å². The number of alkyl carbamates (subject to hydrolysis) is 1. The lowest BCUT2D eigenvalue weighted by Crippen LogP contribution is -2.53. The van der Waals surface area contributed by atoms with Crippen LogP contribution in [0.15, 0.2) is 0 Å². The zero-order chi connectivity index (χ0) is 17.0. The maximum absolute atomic E-state index is 12.6. The van der Waals surface area contributed by atoms with Gasteiger partial charge in [-0.15, -0.1) is 12.3 Å². The standard InChI is InChI=1S/C17H28N2O3/c1-7-10-17(5,6)14(20)19-11-8-9-13(12-19)18-15(21)22-16(2,3)4/h1,13H,8-12H2,2-6H3,(H,18,21)/t13-/m1/s1. The third-order valence-corrected chi connectivity index (χ3v) is 3.55. The molecule has 0 bridgehead atoms. The van der Waals surface area contributed by atoms with E-state index in [9.17, 15) is 9.59 Å². The lowest BCUT2D eigenvalue weighted by atomic mass is 9.87. The third-order valence-electron chi connectivity index (χ3n) is 3.55. The molecule has 1 atom stereocenters. The number of carbonyl (C=O) groups excluding carboxylic acids is 2. The van der Waals surface area contributed by atoms with Crippen LogP contribution in [0.3, 0.4) is 0 Å². The number of carbonyl (C=O) groups is 2. The van der Waals surface area contributed by atoms with E-state index in [-0.39, 0.29) is 11.9 Å². The lowest BCUT2D eigenvalue weighted by molar-refractivity contribution is -0.141. The average Bonchev–Trinajstić information content (AvgIpc) is 2.35. The van der Waals surface area contributed by atoms with Gasteiger partial charge in [-0.05, 0) is 33.6 Å². The molecule has 1 aliphatic rings. The highest BCUT2D eigenvalue weighted by molar-refractivity contribution is 5.82. The lowest BCUT2D eigenvalue weighted by Gasteiger charge is -2.37. The minimum atomic E-state index is -0.567. The molecular weight excluding hydrogens is 280 g/mol. The van der Waals surface area contributed by atoms with Crippen LogP contribution in [0.1, 0.15) is 53.9 Å². The van der Waals surface area contributed by atoms with Crippen molar-refractivity contribution in [2.75, 3.05) is 13.1 Å². The molecule has 22 heavy (non-hydrogen) atoms. The van der Waals surface area contributed by atoms with Crippen molar-refractivity contribution in [2.24, 2.45) is 5.41 Å². The molecule has 5 nitrogen and oxygen atoms in total. The van der Waals surface area contributed by atoms with Gasteiger partial charge in [0.15, 0.2) is 0 Å². The fourth-order valence-corrected chi connectivity index (χ4v) is 2.51. The third kappa shape index (κ3) is 5.59. The van der Waals surface area contributed by atoms with E-state index in [1.165, 1.54) is 0 Å². The number of hydrogen-bond donors (Lipinski definition) is 1. The fraction of sp³-hybridized carbons (Fsp3) is 0.765. The molecule has 124 valence electrons. The van der Waals surface area contributed by atoms with Gasteiger partial charge in [-0.1, -0.05) is 13.8 Å². The van der Waals surface area contributed by atoms with E-state index < -0.39 is 17.1 Å².